The van der Waals surface area contributed by atoms with Crippen LogP contribution in [0.3, 0.4) is 0 Å². The first-order chi connectivity index (χ1) is 14.1. The summed E-state index contributed by atoms with van der Waals surface area (Å²) < 4.78 is 31.0. The largest absolute Gasteiger partial charge is 0.359 e. The van der Waals surface area contributed by atoms with Crippen molar-refractivity contribution in [2.45, 2.75) is 76.1 Å². The first-order valence-corrected chi connectivity index (χ1v) is 16.5. The lowest BCUT2D eigenvalue weighted by Gasteiger charge is -2.18. The molecule has 10 heteroatoms. The number of halogens is 1. The Hall–Kier alpha value is -1.42. The van der Waals surface area contributed by atoms with Gasteiger partial charge in [0.1, 0.15) is 6.73 Å². The predicted octanol–water partition coefficient (Wildman–Crippen LogP) is 4.24. The summed E-state index contributed by atoms with van der Waals surface area (Å²) in [4.78, 5) is 4.20. The molecule has 1 N–H and O–H groups in total. The van der Waals surface area contributed by atoms with Crippen molar-refractivity contribution in [2.24, 2.45) is 0 Å². The zero-order chi connectivity index (χ0) is 21.5. The molecule has 2 aromatic rings. The van der Waals surface area contributed by atoms with Gasteiger partial charge < -0.3 is 10.1 Å². The molecule has 0 amide bonds. The minimum atomic E-state index is -4.03. The van der Waals surface area contributed by atoms with Gasteiger partial charge in [-0.15, -0.1) is 5.10 Å². The van der Waals surface area contributed by atoms with E-state index in [4.69, 9.17) is 15.4 Å². The van der Waals surface area contributed by atoms with Gasteiger partial charge in [-0.25, -0.2) is 13.1 Å². The van der Waals surface area contributed by atoms with Gasteiger partial charge in [0.2, 0.25) is 5.95 Å². The summed E-state index contributed by atoms with van der Waals surface area (Å²) in [5.41, 5.74) is 6.49. The Labute approximate surface area is 183 Å². The molecule has 0 bridgehead atoms. The minimum Gasteiger partial charge on any atom is -0.359 e. The Balaban J connectivity index is 1.64. The molecular formula is C20H29ClN4O3SSi. The number of aryl methyl sites for hydroxylation is 2. The van der Waals surface area contributed by atoms with Crippen molar-refractivity contribution >= 4 is 39.4 Å². The fourth-order valence-electron chi connectivity index (χ4n) is 4.22. The fourth-order valence-corrected chi connectivity index (χ4v) is 5.56. The smallest absolute Gasteiger partial charge is 0.298 e. The van der Waals surface area contributed by atoms with Crippen LogP contribution in [0.4, 0.5) is 11.6 Å². The van der Waals surface area contributed by atoms with E-state index in [1.165, 1.54) is 26.9 Å². The molecule has 0 fully saturated rings. The van der Waals surface area contributed by atoms with Crippen LogP contribution in [0.1, 0.15) is 35.1 Å². The minimum absolute atomic E-state index is 0.128. The highest BCUT2D eigenvalue weighted by molar-refractivity contribution is 8.13. The summed E-state index contributed by atoms with van der Waals surface area (Å²) in [6, 6.07) is 3.37. The van der Waals surface area contributed by atoms with E-state index in [2.05, 4.69) is 41.1 Å². The lowest BCUT2D eigenvalue weighted by atomic mass is 9.99. The zero-order valence-corrected chi connectivity index (χ0v) is 20.4. The number of anilines is 2. The number of aromatic nitrogens is 3. The number of rotatable bonds is 8. The molecule has 2 aliphatic carbocycles. The highest BCUT2D eigenvalue weighted by Gasteiger charge is 2.27. The van der Waals surface area contributed by atoms with Crippen molar-refractivity contribution in [3.05, 3.63) is 28.3 Å². The van der Waals surface area contributed by atoms with Crippen LogP contribution in [0.15, 0.2) is 11.2 Å². The van der Waals surface area contributed by atoms with Gasteiger partial charge in [0, 0.05) is 31.1 Å². The molecule has 0 saturated heterocycles. The molecular weight excluding hydrogens is 440 g/mol. The maximum absolute atomic E-state index is 11.9. The lowest BCUT2D eigenvalue weighted by molar-refractivity contribution is 0.0792. The number of benzene rings is 1. The van der Waals surface area contributed by atoms with Crippen LogP contribution in [0.25, 0.3) is 0 Å². The molecule has 0 spiro atoms. The van der Waals surface area contributed by atoms with E-state index in [-0.39, 0.29) is 6.73 Å². The van der Waals surface area contributed by atoms with E-state index < -0.39 is 22.3 Å². The van der Waals surface area contributed by atoms with E-state index >= 15 is 0 Å². The van der Waals surface area contributed by atoms with Gasteiger partial charge >= 0.3 is 0 Å². The number of hydrogen-bond donors (Lipinski definition) is 1. The molecule has 0 saturated carbocycles. The van der Waals surface area contributed by atoms with Crippen LogP contribution in [0.5, 0.6) is 0 Å². The SMILES string of the molecule is C[Si](C)(C)CCOCn1nc(S(=O)(=O)Cl)nc1Nc1c2c(cc3c1CCC3)CCC2. The van der Waals surface area contributed by atoms with Crippen LogP contribution in [0.2, 0.25) is 25.7 Å². The molecule has 0 aliphatic heterocycles. The molecule has 7 nitrogen and oxygen atoms in total. The molecule has 30 heavy (non-hydrogen) atoms. The normalized spacial score (nSPS) is 16.0. The van der Waals surface area contributed by atoms with Crippen LogP contribution in [-0.2, 0) is 46.2 Å². The van der Waals surface area contributed by atoms with E-state index in [1.807, 2.05) is 0 Å². The summed E-state index contributed by atoms with van der Waals surface area (Å²) >= 11 is 0. The maximum Gasteiger partial charge on any atom is 0.298 e. The van der Waals surface area contributed by atoms with E-state index in [9.17, 15) is 8.42 Å². The second-order valence-electron chi connectivity index (χ2n) is 9.36. The summed E-state index contributed by atoms with van der Waals surface area (Å²) in [5.74, 6) is 0.358. The molecule has 0 unspecified atom stereocenters. The first-order valence-electron chi connectivity index (χ1n) is 10.5. The second-order valence-corrected chi connectivity index (χ2v) is 17.4. The third kappa shape index (κ3) is 4.74. The standard InChI is InChI=1S/C20H29ClN4O3SSi/c1-30(2,3)11-10-28-13-25-19(23-20(24-25)29(21,26)27)22-18-16-8-4-6-14(16)12-15-7-5-9-17(15)18/h12H,4-11,13H2,1-3H3,(H,22,23,24). The highest BCUT2D eigenvalue weighted by atomic mass is 35.7. The van der Waals surface area contributed by atoms with Crippen LogP contribution in [0, 0.1) is 0 Å². The first kappa shape index (κ1) is 21.8. The Morgan fingerprint density at radius 3 is 2.33 bits per heavy atom. The summed E-state index contributed by atoms with van der Waals surface area (Å²) in [6.07, 6.45) is 6.50. The summed E-state index contributed by atoms with van der Waals surface area (Å²) in [6.45, 7) is 7.59. The predicted molar refractivity (Wildman–Crippen MR) is 121 cm³/mol. The van der Waals surface area contributed by atoms with Gasteiger partial charge in [-0.05, 0) is 66.8 Å². The third-order valence-electron chi connectivity index (χ3n) is 5.79. The van der Waals surface area contributed by atoms with Crippen molar-refractivity contribution in [3.63, 3.8) is 0 Å². The van der Waals surface area contributed by atoms with E-state index in [1.54, 1.807) is 0 Å². The quantitative estimate of drug-likeness (QED) is 0.354. The van der Waals surface area contributed by atoms with Crippen molar-refractivity contribution in [3.8, 4) is 0 Å². The third-order valence-corrected chi connectivity index (χ3v) is 8.52. The summed E-state index contributed by atoms with van der Waals surface area (Å²) in [7, 11) is 0.272. The Bertz CT molecular complexity index is 1030. The zero-order valence-electron chi connectivity index (χ0n) is 17.8. The van der Waals surface area contributed by atoms with Gasteiger partial charge in [0.15, 0.2) is 0 Å². The van der Waals surface area contributed by atoms with Gasteiger partial charge in [0.05, 0.1) is 0 Å². The molecule has 0 radical (unpaired) electrons. The topological polar surface area (TPSA) is 86.1 Å². The highest BCUT2D eigenvalue weighted by Crippen LogP contribution is 2.39. The molecule has 2 aliphatic rings. The number of ether oxygens (including phenoxy) is 1. The number of fused-ring (bicyclic) bond motifs is 2. The molecule has 0 atom stereocenters. The molecule has 4 rings (SSSR count). The van der Waals surface area contributed by atoms with Crippen molar-refractivity contribution < 1.29 is 13.2 Å². The van der Waals surface area contributed by atoms with Crippen molar-refractivity contribution in [2.75, 3.05) is 11.9 Å². The van der Waals surface area contributed by atoms with Gasteiger partial charge in [0.25, 0.3) is 14.2 Å². The van der Waals surface area contributed by atoms with Gasteiger partial charge in [-0.1, -0.05) is 25.7 Å². The number of nitrogens with one attached hydrogen (secondary N) is 1. The van der Waals surface area contributed by atoms with Gasteiger partial charge in [-0.3, -0.25) is 0 Å². The van der Waals surface area contributed by atoms with Crippen LogP contribution < -0.4 is 5.32 Å². The Kier molecular flexibility index (Phi) is 6.00. The molecule has 164 valence electrons. The average molecular weight is 469 g/mol. The fraction of sp³-hybridized carbons (Fsp3) is 0.600. The van der Waals surface area contributed by atoms with Crippen LogP contribution >= 0.6 is 10.7 Å². The van der Waals surface area contributed by atoms with Gasteiger partial charge in [-0.2, -0.15) is 4.98 Å². The maximum atomic E-state index is 11.9. The van der Waals surface area contributed by atoms with Crippen molar-refractivity contribution in [1.29, 1.82) is 0 Å². The lowest BCUT2D eigenvalue weighted by Crippen LogP contribution is -2.22. The number of hydrogen-bond acceptors (Lipinski definition) is 6. The molecule has 1 aromatic heterocycles. The van der Waals surface area contributed by atoms with E-state index in [0.29, 0.717) is 12.6 Å². The monoisotopic (exact) mass is 468 g/mol. The van der Waals surface area contributed by atoms with Crippen molar-refractivity contribution in [1.82, 2.24) is 14.8 Å². The number of nitrogens with zero attached hydrogens (tertiary/aromatic N) is 3. The Morgan fingerprint density at radius 2 is 1.77 bits per heavy atom. The second kappa shape index (κ2) is 8.25. The molecule has 1 aromatic carbocycles. The molecule has 1 heterocycles. The van der Waals surface area contributed by atoms with E-state index in [0.717, 1.165) is 50.3 Å². The summed E-state index contributed by atoms with van der Waals surface area (Å²) in [5, 5.41) is 7.13. The Morgan fingerprint density at radius 1 is 1.13 bits per heavy atom. The van der Waals surface area contributed by atoms with Crippen LogP contribution in [-0.4, -0.2) is 37.9 Å². The average Bonchev–Trinajstić information content (AvgIpc) is 3.36.